The van der Waals surface area contributed by atoms with E-state index >= 15 is 0 Å². The van der Waals surface area contributed by atoms with E-state index in [4.69, 9.17) is 0 Å². The monoisotopic (exact) mass is 247 g/mol. The molecule has 2 bridgehead atoms. The average Bonchev–Trinajstić information content (AvgIpc) is 2.52. The topological polar surface area (TPSA) is 3.24 Å². The summed E-state index contributed by atoms with van der Waals surface area (Å²) in [6, 6.07) is 10.7. The lowest BCUT2D eigenvalue weighted by Crippen LogP contribution is -2.40. The molecule has 2 aliphatic rings. The first-order chi connectivity index (χ1) is 8.22. The molecule has 0 saturated carbocycles. The highest BCUT2D eigenvalue weighted by Crippen LogP contribution is 2.41. The summed E-state index contributed by atoms with van der Waals surface area (Å²) in [5.41, 5.74) is 1.38. The summed E-state index contributed by atoms with van der Waals surface area (Å²) in [5, 5.41) is 0.838. The number of thioether (sulfide) groups is 1. The van der Waals surface area contributed by atoms with Crippen LogP contribution >= 0.6 is 11.8 Å². The van der Waals surface area contributed by atoms with Gasteiger partial charge < -0.3 is 4.90 Å². The molecule has 0 spiro atoms. The average molecular weight is 247 g/mol. The molecule has 0 aliphatic carbocycles. The van der Waals surface area contributed by atoms with Crippen molar-refractivity contribution in [3.05, 3.63) is 29.8 Å². The maximum Gasteiger partial charge on any atom is 0.0124 e. The molecule has 3 rings (SSSR count). The second-order valence-corrected chi connectivity index (χ2v) is 6.95. The van der Waals surface area contributed by atoms with E-state index in [1.807, 2.05) is 0 Å². The SMILES string of the molecule is Cc1cccc(SC2CC3CCC(C2)N3C)c1. The van der Waals surface area contributed by atoms with Gasteiger partial charge in [0.25, 0.3) is 0 Å². The summed E-state index contributed by atoms with van der Waals surface area (Å²) in [6.07, 6.45) is 5.61. The van der Waals surface area contributed by atoms with Gasteiger partial charge in [0.1, 0.15) is 0 Å². The van der Waals surface area contributed by atoms with Gasteiger partial charge in [0.05, 0.1) is 0 Å². The highest BCUT2D eigenvalue weighted by atomic mass is 32.2. The highest BCUT2D eigenvalue weighted by molar-refractivity contribution is 8.00. The summed E-state index contributed by atoms with van der Waals surface area (Å²) in [4.78, 5) is 4.08. The molecule has 2 fully saturated rings. The number of rotatable bonds is 2. The molecule has 0 radical (unpaired) electrons. The number of benzene rings is 1. The zero-order chi connectivity index (χ0) is 11.8. The van der Waals surface area contributed by atoms with Crippen molar-refractivity contribution < 1.29 is 0 Å². The molecule has 17 heavy (non-hydrogen) atoms. The Labute approximate surface area is 109 Å². The van der Waals surface area contributed by atoms with E-state index in [2.05, 4.69) is 54.9 Å². The maximum absolute atomic E-state index is 2.62. The third-order valence-electron chi connectivity index (χ3n) is 4.35. The molecule has 2 heterocycles. The van der Waals surface area contributed by atoms with Crippen LogP contribution in [0.2, 0.25) is 0 Å². The van der Waals surface area contributed by atoms with Gasteiger partial charge in [-0.15, -0.1) is 11.8 Å². The Hall–Kier alpha value is -0.470. The Morgan fingerprint density at radius 2 is 1.88 bits per heavy atom. The molecule has 1 nitrogen and oxygen atoms in total. The number of fused-ring (bicyclic) bond motifs is 2. The smallest absolute Gasteiger partial charge is 0.0124 e. The van der Waals surface area contributed by atoms with Crippen LogP contribution in [0.25, 0.3) is 0 Å². The van der Waals surface area contributed by atoms with Crippen LogP contribution in [-0.2, 0) is 0 Å². The van der Waals surface area contributed by atoms with E-state index < -0.39 is 0 Å². The quantitative estimate of drug-likeness (QED) is 0.783. The molecule has 2 heteroatoms. The van der Waals surface area contributed by atoms with Gasteiger partial charge in [-0.25, -0.2) is 0 Å². The van der Waals surface area contributed by atoms with Crippen LogP contribution in [0.4, 0.5) is 0 Å². The molecule has 1 aromatic carbocycles. The van der Waals surface area contributed by atoms with Crippen LogP contribution in [0.15, 0.2) is 29.2 Å². The van der Waals surface area contributed by atoms with Gasteiger partial charge in [-0.2, -0.15) is 0 Å². The minimum absolute atomic E-state index is 0.838. The van der Waals surface area contributed by atoms with Gasteiger partial charge in [-0.3, -0.25) is 0 Å². The minimum atomic E-state index is 0.838. The van der Waals surface area contributed by atoms with Crippen molar-refractivity contribution >= 4 is 11.8 Å². The van der Waals surface area contributed by atoms with Gasteiger partial charge in [0, 0.05) is 22.2 Å². The van der Waals surface area contributed by atoms with Crippen molar-refractivity contribution in [3.8, 4) is 0 Å². The van der Waals surface area contributed by atoms with Crippen molar-refractivity contribution in [2.45, 2.75) is 54.8 Å². The molecule has 2 unspecified atom stereocenters. The predicted octanol–water partition coefficient (Wildman–Crippen LogP) is 3.71. The molecular formula is C15H21NS. The lowest BCUT2D eigenvalue weighted by Gasteiger charge is -2.36. The maximum atomic E-state index is 2.62. The summed E-state index contributed by atoms with van der Waals surface area (Å²) in [7, 11) is 2.32. The largest absolute Gasteiger partial charge is 0.300 e. The fourth-order valence-electron chi connectivity index (χ4n) is 3.34. The van der Waals surface area contributed by atoms with Crippen molar-refractivity contribution in [2.75, 3.05) is 7.05 Å². The van der Waals surface area contributed by atoms with Crippen LogP contribution in [-0.4, -0.2) is 29.3 Å². The zero-order valence-corrected chi connectivity index (χ0v) is 11.5. The number of aryl methyl sites for hydroxylation is 1. The molecule has 92 valence electrons. The molecule has 2 saturated heterocycles. The Kier molecular flexibility index (Phi) is 3.18. The third-order valence-corrected chi connectivity index (χ3v) is 5.59. The normalized spacial score (nSPS) is 32.9. The standard InChI is InChI=1S/C15H21NS/c1-11-4-3-5-14(8-11)17-15-9-12-6-7-13(10-15)16(12)2/h3-5,8,12-13,15H,6-7,9-10H2,1-2H3. The molecule has 1 aromatic rings. The molecule has 0 amide bonds. The number of hydrogen-bond acceptors (Lipinski definition) is 2. The minimum Gasteiger partial charge on any atom is -0.300 e. The van der Waals surface area contributed by atoms with Gasteiger partial charge >= 0.3 is 0 Å². The fraction of sp³-hybridized carbons (Fsp3) is 0.600. The first kappa shape index (κ1) is 11.6. The third kappa shape index (κ3) is 2.38. The molecule has 0 N–H and O–H groups in total. The van der Waals surface area contributed by atoms with E-state index in [0.717, 1.165) is 17.3 Å². The predicted molar refractivity (Wildman–Crippen MR) is 74.6 cm³/mol. The number of nitrogens with zero attached hydrogens (tertiary/aromatic N) is 1. The first-order valence-electron chi connectivity index (χ1n) is 6.67. The van der Waals surface area contributed by atoms with Crippen molar-refractivity contribution in [1.29, 1.82) is 0 Å². The lowest BCUT2D eigenvalue weighted by atomic mass is 10.0. The molecule has 2 aliphatic heterocycles. The van der Waals surface area contributed by atoms with Gasteiger partial charge in [-0.05, 0) is 51.8 Å². The Bertz CT molecular complexity index is 390. The second kappa shape index (κ2) is 4.66. The van der Waals surface area contributed by atoms with Crippen LogP contribution < -0.4 is 0 Å². The number of piperidine rings is 1. The number of hydrogen-bond donors (Lipinski definition) is 0. The van der Waals surface area contributed by atoms with Crippen molar-refractivity contribution in [1.82, 2.24) is 4.90 Å². The second-order valence-electron chi connectivity index (χ2n) is 5.58. The zero-order valence-electron chi connectivity index (χ0n) is 10.7. The van der Waals surface area contributed by atoms with Gasteiger partial charge in [-0.1, -0.05) is 17.7 Å². The molecular weight excluding hydrogens is 226 g/mol. The van der Waals surface area contributed by atoms with Crippen molar-refractivity contribution in [3.63, 3.8) is 0 Å². The summed E-state index contributed by atoms with van der Waals surface area (Å²) >= 11 is 2.10. The van der Waals surface area contributed by atoms with Crippen LogP contribution in [0.1, 0.15) is 31.2 Å². The summed E-state index contributed by atoms with van der Waals surface area (Å²) in [6.45, 7) is 2.18. The van der Waals surface area contributed by atoms with Crippen LogP contribution in [0, 0.1) is 6.92 Å². The van der Waals surface area contributed by atoms with Gasteiger partial charge in [0.15, 0.2) is 0 Å². The molecule has 2 atom stereocenters. The first-order valence-corrected chi connectivity index (χ1v) is 7.55. The summed E-state index contributed by atoms with van der Waals surface area (Å²) < 4.78 is 0. The van der Waals surface area contributed by atoms with Crippen LogP contribution in [0.3, 0.4) is 0 Å². The van der Waals surface area contributed by atoms with E-state index in [0.29, 0.717) is 0 Å². The van der Waals surface area contributed by atoms with Gasteiger partial charge in [0.2, 0.25) is 0 Å². The van der Waals surface area contributed by atoms with Crippen LogP contribution in [0.5, 0.6) is 0 Å². The Balaban J connectivity index is 1.67. The van der Waals surface area contributed by atoms with E-state index in [-0.39, 0.29) is 0 Å². The Morgan fingerprint density at radius 1 is 1.18 bits per heavy atom. The fourth-order valence-corrected chi connectivity index (χ4v) is 4.77. The lowest BCUT2D eigenvalue weighted by molar-refractivity contribution is 0.183. The van der Waals surface area contributed by atoms with E-state index in [1.165, 1.54) is 36.1 Å². The van der Waals surface area contributed by atoms with Crippen molar-refractivity contribution in [2.24, 2.45) is 0 Å². The van der Waals surface area contributed by atoms with E-state index in [1.54, 1.807) is 0 Å². The Morgan fingerprint density at radius 3 is 2.53 bits per heavy atom. The highest BCUT2D eigenvalue weighted by Gasteiger charge is 2.38. The summed E-state index contributed by atoms with van der Waals surface area (Å²) in [5.74, 6) is 0. The molecule has 0 aromatic heterocycles. The van der Waals surface area contributed by atoms with E-state index in [9.17, 15) is 0 Å².